The van der Waals surface area contributed by atoms with E-state index >= 15 is 0 Å². The van der Waals surface area contributed by atoms with Crippen LogP contribution >= 0.6 is 11.8 Å². The molecule has 33 heavy (non-hydrogen) atoms. The Morgan fingerprint density at radius 1 is 1.12 bits per heavy atom. The van der Waals surface area contributed by atoms with Crippen molar-refractivity contribution in [1.29, 1.82) is 0 Å². The van der Waals surface area contributed by atoms with Gasteiger partial charge in [-0.25, -0.2) is 24.7 Å². The van der Waals surface area contributed by atoms with E-state index in [0.29, 0.717) is 44.4 Å². The van der Waals surface area contributed by atoms with Gasteiger partial charge in [-0.3, -0.25) is 9.36 Å². The first-order valence-corrected chi connectivity index (χ1v) is 11.0. The van der Waals surface area contributed by atoms with Crippen LogP contribution in [-0.4, -0.2) is 40.6 Å². The molecule has 9 nitrogen and oxygen atoms in total. The minimum Gasteiger partial charge on any atom is -0.478 e. The van der Waals surface area contributed by atoms with E-state index in [9.17, 15) is 14.7 Å². The fourth-order valence-electron chi connectivity index (χ4n) is 3.81. The Hall–Kier alpha value is -4.05. The number of carboxylic acids is 1. The van der Waals surface area contributed by atoms with E-state index in [-0.39, 0.29) is 11.1 Å². The Morgan fingerprint density at radius 3 is 2.76 bits per heavy atom. The van der Waals surface area contributed by atoms with Crippen LogP contribution in [0.4, 0.5) is 0 Å². The summed E-state index contributed by atoms with van der Waals surface area (Å²) in [4.78, 5) is 45.6. The quantitative estimate of drug-likeness (QED) is 0.302. The Bertz CT molecular complexity index is 1610. The number of H-pyrrole nitrogens is 1. The summed E-state index contributed by atoms with van der Waals surface area (Å²) in [6.45, 7) is 3.66. The summed E-state index contributed by atoms with van der Waals surface area (Å²) in [5.41, 5.74) is 3.93. The van der Waals surface area contributed by atoms with Crippen molar-refractivity contribution in [2.24, 2.45) is 0 Å². The topological polar surface area (TPSA) is 127 Å². The van der Waals surface area contributed by atoms with E-state index in [1.165, 1.54) is 24.2 Å². The highest BCUT2D eigenvalue weighted by Gasteiger charge is 2.18. The summed E-state index contributed by atoms with van der Waals surface area (Å²) >= 11 is 1.41. The SMILES string of the molecule is Cc1cc(C(=O)O)ccc1-n1c(CSc2ncnc3nc[nH]c23)nc2cccc(C)c2c1=O. The maximum absolute atomic E-state index is 13.7. The van der Waals surface area contributed by atoms with Gasteiger partial charge in [-0.2, -0.15) is 0 Å². The zero-order valence-corrected chi connectivity index (χ0v) is 18.6. The summed E-state index contributed by atoms with van der Waals surface area (Å²) in [6, 6.07) is 10.3. The summed E-state index contributed by atoms with van der Waals surface area (Å²) in [6.07, 6.45) is 3.01. The number of thioether (sulfide) groups is 1. The van der Waals surface area contributed by atoms with Crippen LogP contribution in [0, 0.1) is 13.8 Å². The van der Waals surface area contributed by atoms with E-state index in [2.05, 4.69) is 19.9 Å². The van der Waals surface area contributed by atoms with E-state index in [1.54, 1.807) is 30.0 Å². The predicted molar refractivity (Wildman–Crippen MR) is 125 cm³/mol. The van der Waals surface area contributed by atoms with Crippen molar-refractivity contribution in [3.63, 3.8) is 0 Å². The van der Waals surface area contributed by atoms with Gasteiger partial charge in [0, 0.05) is 0 Å². The molecule has 5 rings (SSSR count). The number of nitrogens with zero attached hydrogens (tertiary/aromatic N) is 5. The highest BCUT2D eigenvalue weighted by molar-refractivity contribution is 7.98. The van der Waals surface area contributed by atoms with Gasteiger partial charge in [0.15, 0.2) is 5.65 Å². The molecule has 5 aromatic rings. The lowest BCUT2D eigenvalue weighted by Crippen LogP contribution is -2.25. The maximum atomic E-state index is 13.7. The number of fused-ring (bicyclic) bond motifs is 2. The van der Waals surface area contributed by atoms with Crippen molar-refractivity contribution < 1.29 is 9.90 Å². The number of rotatable bonds is 5. The lowest BCUT2D eigenvalue weighted by atomic mass is 10.1. The molecule has 0 radical (unpaired) electrons. The molecule has 0 aliphatic heterocycles. The van der Waals surface area contributed by atoms with Crippen LogP contribution < -0.4 is 5.56 Å². The Morgan fingerprint density at radius 2 is 1.97 bits per heavy atom. The normalized spacial score (nSPS) is 11.3. The van der Waals surface area contributed by atoms with Crippen molar-refractivity contribution >= 4 is 39.8 Å². The van der Waals surface area contributed by atoms with Gasteiger partial charge in [0.25, 0.3) is 5.56 Å². The number of carbonyl (C=O) groups is 1. The standard InChI is InChI=1S/C23H18N6O3S/c1-12-4-3-5-15-18(12)22(30)29(16-7-6-14(23(31)32)8-13(16)2)17(28-15)9-33-21-19-20(25-10-24-19)26-11-27-21/h3-8,10-11H,9H2,1-2H3,(H,31,32)(H,24,25,26,27). The Balaban J connectivity index is 1.68. The second kappa shape index (κ2) is 8.14. The number of imidazole rings is 1. The lowest BCUT2D eigenvalue weighted by Gasteiger charge is -2.16. The van der Waals surface area contributed by atoms with Gasteiger partial charge in [0.05, 0.1) is 34.2 Å². The minimum absolute atomic E-state index is 0.160. The predicted octanol–water partition coefficient (Wildman–Crippen LogP) is 3.66. The third kappa shape index (κ3) is 3.64. The molecule has 2 aromatic carbocycles. The first-order chi connectivity index (χ1) is 15.9. The summed E-state index contributed by atoms with van der Waals surface area (Å²) in [5, 5.41) is 10.6. The number of nitrogens with one attached hydrogen (secondary N) is 1. The highest BCUT2D eigenvalue weighted by Crippen LogP contribution is 2.27. The summed E-state index contributed by atoms with van der Waals surface area (Å²) in [5.74, 6) is -0.141. The number of aromatic nitrogens is 6. The summed E-state index contributed by atoms with van der Waals surface area (Å²) in [7, 11) is 0. The first kappa shape index (κ1) is 20.8. The third-order valence-corrected chi connectivity index (χ3v) is 6.37. The molecule has 0 fully saturated rings. The van der Waals surface area contributed by atoms with Gasteiger partial charge in [-0.15, -0.1) is 0 Å². The zero-order chi connectivity index (χ0) is 23.1. The second-order valence-corrected chi connectivity index (χ2v) is 8.48. The van der Waals surface area contributed by atoms with Crippen molar-refractivity contribution in [2.45, 2.75) is 24.6 Å². The smallest absolute Gasteiger partial charge is 0.335 e. The number of aromatic carboxylic acids is 1. The molecular weight excluding hydrogens is 440 g/mol. The second-order valence-electron chi connectivity index (χ2n) is 7.51. The molecule has 0 saturated carbocycles. The number of aryl methyl sites for hydroxylation is 2. The molecule has 0 unspecified atom stereocenters. The zero-order valence-electron chi connectivity index (χ0n) is 17.7. The average Bonchev–Trinajstić information content (AvgIpc) is 3.27. The number of hydrogen-bond acceptors (Lipinski definition) is 7. The lowest BCUT2D eigenvalue weighted by molar-refractivity contribution is 0.0697. The number of aromatic amines is 1. The van der Waals surface area contributed by atoms with Crippen LogP contribution in [0.1, 0.15) is 27.3 Å². The summed E-state index contributed by atoms with van der Waals surface area (Å²) < 4.78 is 1.56. The largest absolute Gasteiger partial charge is 0.478 e. The molecule has 0 aliphatic carbocycles. The molecule has 0 spiro atoms. The van der Waals surface area contributed by atoms with Crippen molar-refractivity contribution in [1.82, 2.24) is 29.5 Å². The molecule has 164 valence electrons. The van der Waals surface area contributed by atoms with Crippen LogP contribution in [0.3, 0.4) is 0 Å². The molecule has 3 heterocycles. The fourth-order valence-corrected chi connectivity index (χ4v) is 4.69. The van der Waals surface area contributed by atoms with E-state index in [4.69, 9.17) is 4.98 Å². The molecule has 0 atom stereocenters. The number of benzene rings is 2. The molecule has 0 saturated heterocycles. The Labute approximate surface area is 191 Å². The Kier molecular flexibility index (Phi) is 5.14. The molecule has 0 amide bonds. The van der Waals surface area contributed by atoms with Crippen LogP contribution in [0.5, 0.6) is 0 Å². The van der Waals surface area contributed by atoms with Crippen molar-refractivity contribution in [3.8, 4) is 5.69 Å². The molecule has 10 heteroatoms. The van der Waals surface area contributed by atoms with Gasteiger partial charge in [0.1, 0.15) is 22.7 Å². The van der Waals surface area contributed by atoms with Gasteiger partial charge in [0.2, 0.25) is 0 Å². The van der Waals surface area contributed by atoms with E-state index in [1.807, 2.05) is 25.1 Å². The van der Waals surface area contributed by atoms with Gasteiger partial charge in [-0.1, -0.05) is 23.9 Å². The van der Waals surface area contributed by atoms with Crippen molar-refractivity contribution in [3.05, 3.63) is 81.9 Å². The van der Waals surface area contributed by atoms with Crippen LogP contribution in [0.25, 0.3) is 27.8 Å². The molecule has 2 N–H and O–H groups in total. The third-order valence-electron chi connectivity index (χ3n) is 5.39. The average molecular weight is 459 g/mol. The number of carboxylic acid groups (broad SMARTS) is 1. The monoisotopic (exact) mass is 458 g/mol. The van der Waals surface area contributed by atoms with Crippen LogP contribution in [0.15, 0.2) is 58.9 Å². The van der Waals surface area contributed by atoms with Crippen LogP contribution in [0.2, 0.25) is 0 Å². The van der Waals surface area contributed by atoms with E-state index in [0.717, 1.165) is 11.1 Å². The maximum Gasteiger partial charge on any atom is 0.335 e. The molecule has 3 aromatic heterocycles. The highest BCUT2D eigenvalue weighted by atomic mass is 32.2. The number of hydrogen-bond donors (Lipinski definition) is 2. The molecule has 0 aliphatic rings. The van der Waals surface area contributed by atoms with E-state index < -0.39 is 5.97 Å². The van der Waals surface area contributed by atoms with Crippen molar-refractivity contribution in [2.75, 3.05) is 0 Å². The fraction of sp³-hybridized carbons (Fsp3) is 0.130. The van der Waals surface area contributed by atoms with Gasteiger partial charge >= 0.3 is 5.97 Å². The van der Waals surface area contributed by atoms with Gasteiger partial charge in [-0.05, 0) is 49.2 Å². The molecular formula is C23H18N6O3S. The first-order valence-electron chi connectivity index (χ1n) is 10.1. The minimum atomic E-state index is -1.02. The van der Waals surface area contributed by atoms with Crippen LogP contribution in [-0.2, 0) is 5.75 Å². The molecule has 0 bridgehead atoms. The van der Waals surface area contributed by atoms with Gasteiger partial charge < -0.3 is 10.1 Å².